The molecule has 0 heterocycles. The van der Waals surface area contributed by atoms with E-state index in [1.165, 1.54) is 0 Å². The van der Waals surface area contributed by atoms with E-state index >= 15 is 0 Å². The number of alkyl halides is 3. The molecule has 0 aliphatic heterocycles. The molecule has 0 amide bonds. The van der Waals surface area contributed by atoms with Gasteiger partial charge in [0.1, 0.15) is 5.75 Å². The number of benzene rings is 1. The minimum Gasteiger partial charge on any atom is -0.435 e. The maximum Gasteiger partial charge on any atom is 0.387 e. The third-order valence-electron chi connectivity index (χ3n) is 1.67. The van der Waals surface area contributed by atoms with E-state index in [-0.39, 0.29) is 5.75 Å². The smallest absolute Gasteiger partial charge is 0.387 e. The number of ether oxygens (including phenoxy) is 1. The summed E-state index contributed by atoms with van der Waals surface area (Å²) in [6.07, 6.45) is 0.870. The average molecular weight is 265 g/mol. The molecule has 1 unspecified atom stereocenters. The van der Waals surface area contributed by atoms with Crippen LogP contribution >= 0.6 is 15.9 Å². The van der Waals surface area contributed by atoms with Crippen molar-refractivity contribution in [3.8, 4) is 5.75 Å². The maximum atomic E-state index is 11.8. The van der Waals surface area contributed by atoms with Gasteiger partial charge in [0, 0.05) is 4.83 Å². The monoisotopic (exact) mass is 264 g/mol. The molecule has 78 valence electrons. The summed E-state index contributed by atoms with van der Waals surface area (Å²) in [5.74, 6) is 0.200. The van der Waals surface area contributed by atoms with Gasteiger partial charge in [-0.3, -0.25) is 0 Å². The van der Waals surface area contributed by atoms with Crippen molar-refractivity contribution in [2.75, 3.05) is 0 Å². The van der Waals surface area contributed by atoms with Crippen molar-refractivity contribution < 1.29 is 13.5 Å². The van der Waals surface area contributed by atoms with Crippen LogP contribution in [-0.4, -0.2) is 11.4 Å². The molecule has 14 heavy (non-hydrogen) atoms. The van der Waals surface area contributed by atoms with Crippen molar-refractivity contribution in [3.63, 3.8) is 0 Å². The Kier molecular flexibility index (Phi) is 4.32. The van der Waals surface area contributed by atoms with Crippen LogP contribution in [0.3, 0.4) is 0 Å². The molecule has 0 aliphatic carbocycles. The van der Waals surface area contributed by atoms with Crippen LogP contribution in [0.25, 0.3) is 0 Å². The Morgan fingerprint density at radius 2 is 1.86 bits per heavy atom. The molecule has 0 saturated heterocycles. The van der Waals surface area contributed by atoms with E-state index < -0.39 is 6.61 Å². The van der Waals surface area contributed by atoms with Crippen molar-refractivity contribution in [1.82, 2.24) is 0 Å². The Morgan fingerprint density at radius 3 is 2.29 bits per heavy atom. The van der Waals surface area contributed by atoms with Gasteiger partial charge in [-0.1, -0.05) is 35.0 Å². The lowest BCUT2D eigenvalue weighted by Crippen LogP contribution is -2.02. The fourth-order valence-corrected chi connectivity index (χ4v) is 1.51. The lowest BCUT2D eigenvalue weighted by atomic mass is 10.1. The molecule has 1 atom stereocenters. The van der Waals surface area contributed by atoms with E-state index in [0.717, 1.165) is 12.0 Å². The molecule has 0 N–H and O–H groups in total. The van der Waals surface area contributed by atoms with E-state index in [2.05, 4.69) is 20.7 Å². The molecule has 0 fully saturated rings. The molecular weight excluding hydrogens is 254 g/mol. The summed E-state index contributed by atoms with van der Waals surface area (Å²) >= 11 is 3.42. The Bertz CT molecular complexity index is 243. The first-order chi connectivity index (χ1) is 6.58. The first-order valence-corrected chi connectivity index (χ1v) is 5.17. The van der Waals surface area contributed by atoms with Gasteiger partial charge in [0.2, 0.25) is 0 Å². The molecule has 1 aromatic carbocycles. The minimum absolute atomic E-state index is 0.200. The van der Waals surface area contributed by atoms with Crippen LogP contribution < -0.4 is 4.74 Å². The predicted octanol–water partition coefficient (Wildman–Crippen LogP) is 3.61. The van der Waals surface area contributed by atoms with Crippen molar-refractivity contribution in [2.45, 2.75) is 24.8 Å². The normalized spacial score (nSPS) is 12.9. The summed E-state index contributed by atoms with van der Waals surface area (Å²) in [7, 11) is 0. The number of hydrogen-bond acceptors (Lipinski definition) is 1. The summed E-state index contributed by atoms with van der Waals surface area (Å²) < 4.78 is 27.8. The molecule has 1 rings (SSSR count). The Hall–Kier alpha value is -0.640. The van der Waals surface area contributed by atoms with Crippen LogP contribution in [0.4, 0.5) is 8.78 Å². The summed E-state index contributed by atoms with van der Waals surface area (Å²) in [6.45, 7) is -0.722. The number of halogens is 3. The molecule has 0 aromatic heterocycles. The second-order valence-electron chi connectivity index (χ2n) is 3.01. The van der Waals surface area contributed by atoms with Crippen LogP contribution in [0.15, 0.2) is 24.3 Å². The number of rotatable bonds is 4. The lowest BCUT2D eigenvalue weighted by Gasteiger charge is -2.06. The van der Waals surface area contributed by atoms with Crippen LogP contribution in [0.5, 0.6) is 5.75 Å². The first kappa shape index (κ1) is 11.4. The zero-order valence-electron chi connectivity index (χ0n) is 7.71. The summed E-state index contributed by atoms with van der Waals surface area (Å²) in [4.78, 5) is 0.379. The highest BCUT2D eigenvalue weighted by atomic mass is 79.9. The third kappa shape index (κ3) is 4.05. The third-order valence-corrected chi connectivity index (χ3v) is 1.99. The number of hydrogen-bond donors (Lipinski definition) is 0. The molecule has 0 bridgehead atoms. The molecular formula is C10H11BrF2O. The highest BCUT2D eigenvalue weighted by Gasteiger charge is 2.04. The average Bonchev–Trinajstić information content (AvgIpc) is 2.06. The van der Waals surface area contributed by atoms with Gasteiger partial charge in [0.05, 0.1) is 0 Å². The van der Waals surface area contributed by atoms with Gasteiger partial charge in [-0.05, 0) is 24.1 Å². The molecule has 0 spiro atoms. The quantitative estimate of drug-likeness (QED) is 0.755. The van der Waals surface area contributed by atoms with Crippen molar-refractivity contribution in [1.29, 1.82) is 0 Å². The van der Waals surface area contributed by atoms with Gasteiger partial charge in [-0.2, -0.15) is 8.78 Å². The van der Waals surface area contributed by atoms with Crippen LogP contribution in [0.2, 0.25) is 0 Å². The summed E-state index contributed by atoms with van der Waals surface area (Å²) in [6, 6.07) is 6.68. The maximum absolute atomic E-state index is 11.8. The highest BCUT2D eigenvalue weighted by molar-refractivity contribution is 9.09. The van der Waals surface area contributed by atoms with E-state index in [9.17, 15) is 8.78 Å². The molecule has 0 saturated carbocycles. The summed E-state index contributed by atoms with van der Waals surface area (Å²) in [5.41, 5.74) is 1.09. The van der Waals surface area contributed by atoms with E-state index in [4.69, 9.17) is 0 Å². The van der Waals surface area contributed by atoms with Gasteiger partial charge in [0.15, 0.2) is 0 Å². The van der Waals surface area contributed by atoms with Crippen LogP contribution in [0.1, 0.15) is 12.5 Å². The molecule has 0 radical (unpaired) electrons. The van der Waals surface area contributed by atoms with E-state index in [1.54, 1.807) is 24.3 Å². The topological polar surface area (TPSA) is 9.23 Å². The fraction of sp³-hybridized carbons (Fsp3) is 0.400. The zero-order valence-corrected chi connectivity index (χ0v) is 9.30. The second-order valence-corrected chi connectivity index (χ2v) is 4.57. The molecule has 0 aliphatic rings. The van der Waals surface area contributed by atoms with Crippen LogP contribution in [-0.2, 0) is 6.42 Å². The second kappa shape index (κ2) is 5.29. The van der Waals surface area contributed by atoms with E-state index in [0.29, 0.717) is 4.83 Å². The summed E-state index contributed by atoms with van der Waals surface area (Å²) in [5, 5.41) is 0. The fourth-order valence-electron chi connectivity index (χ4n) is 1.13. The van der Waals surface area contributed by atoms with Gasteiger partial charge in [-0.15, -0.1) is 0 Å². The Labute approximate surface area is 90.2 Å². The van der Waals surface area contributed by atoms with Gasteiger partial charge >= 0.3 is 6.61 Å². The lowest BCUT2D eigenvalue weighted by molar-refractivity contribution is -0.0498. The first-order valence-electron chi connectivity index (χ1n) is 4.25. The Balaban J connectivity index is 2.59. The largest absolute Gasteiger partial charge is 0.435 e. The van der Waals surface area contributed by atoms with Crippen LogP contribution in [0, 0.1) is 0 Å². The van der Waals surface area contributed by atoms with Crippen molar-refractivity contribution >= 4 is 15.9 Å². The molecule has 1 aromatic rings. The minimum atomic E-state index is -2.75. The van der Waals surface area contributed by atoms with Gasteiger partial charge in [-0.25, -0.2) is 0 Å². The predicted molar refractivity (Wildman–Crippen MR) is 55.2 cm³/mol. The molecule has 1 nitrogen and oxygen atoms in total. The van der Waals surface area contributed by atoms with Gasteiger partial charge < -0.3 is 4.74 Å². The molecule has 4 heteroatoms. The van der Waals surface area contributed by atoms with Gasteiger partial charge in [0.25, 0.3) is 0 Å². The zero-order chi connectivity index (χ0) is 10.6. The standard InChI is InChI=1S/C10H11BrF2O/c1-7(11)6-8-2-4-9(5-3-8)14-10(12)13/h2-5,7,10H,6H2,1H3. The van der Waals surface area contributed by atoms with E-state index in [1.807, 2.05) is 6.92 Å². The highest BCUT2D eigenvalue weighted by Crippen LogP contribution is 2.17. The SMILES string of the molecule is CC(Br)Cc1ccc(OC(F)F)cc1. The van der Waals surface area contributed by atoms with Crippen molar-refractivity contribution in [2.24, 2.45) is 0 Å². The van der Waals surface area contributed by atoms with Crippen molar-refractivity contribution in [3.05, 3.63) is 29.8 Å². The Morgan fingerprint density at radius 1 is 1.29 bits per heavy atom.